The summed E-state index contributed by atoms with van der Waals surface area (Å²) in [4.78, 5) is 23.7. The van der Waals surface area contributed by atoms with Gasteiger partial charge in [0.25, 0.3) is 0 Å². The van der Waals surface area contributed by atoms with E-state index in [2.05, 4.69) is 18.4 Å². The van der Waals surface area contributed by atoms with E-state index in [4.69, 9.17) is 18.9 Å². The standard InChI is InChI=1S/C33H34O6/c1-5-32(34)38-21-9-7-6-8-20-37-29-17-13-27(14-18-29)33(35)39-30-22-24(2)31(25(3)23-30)19-12-26-10-15-28(36-4)16-11-26/h5,10-11,13-18,22-23H,1,6-9,20-21H2,2-4H3. The lowest BCUT2D eigenvalue weighted by atomic mass is 10.0. The molecule has 0 heterocycles. The van der Waals surface area contributed by atoms with Gasteiger partial charge in [-0.05, 0) is 111 Å². The molecule has 0 aliphatic carbocycles. The molecular weight excluding hydrogens is 492 g/mol. The van der Waals surface area contributed by atoms with Crippen LogP contribution in [0.5, 0.6) is 17.2 Å². The first-order chi connectivity index (χ1) is 18.9. The number of unbranched alkanes of at least 4 members (excludes halogenated alkanes) is 3. The van der Waals surface area contributed by atoms with Gasteiger partial charge in [-0.1, -0.05) is 18.4 Å². The molecule has 0 aliphatic rings. The summed E-state index contributed by atoms with van der Waals surface area (Å²) < 4.78 is 21.5. The lowest BCUT2D eigenvalue weighted by molar-refractivity contribution is -0.137. The van der Waals surface area contributed by atoms with Gasteiger partial charge in [0.1, 0.15) is 17.2 Å². The predicted octanol–water partition coefficient (Wildman–Crippen LogP) is 6.60. The van der Waals surface area contributed by atoms with Crippen LogP contribution < -0.4 is 14.2 Å². The molecule has 0 radical (unpaired) electrons. The molecule has 0 saturated heterocycles. The van der Waals surface area contributed by atoms with E-state index in [1.165, 1.54) is 6.08 Å². The second-order valence-corrected chi connectivity index (χ2v) is 8.96. The molecule has 0 bridgehead atoms. The molecule has 0 N–H and O–H groups in total. The highest BCUT2D eigenvalue weighted by Crippen LogP contribution is 2.23. The van der Waals surface area contributed by atoms with Crippen molar-refractivity contribution >= 4 is 11.9 Å². The topological polar surface area (TPSA) is 71.1 Å². The Labute approximate surface area is 230 Å². The molecule has 0 aliphatic heterocycles. The van der Waals surface area contributed by atoms with E-state index in [9.17, 15) is 9.59 Å². The smallest absolute Gasteiger partial charge is 0.343 e. The number of aryl methyl sites for hydroxylation is 2. The van der Waals surface area contributed by atoms with Gasteiger partial charge in [0, 0.05) is 17.2 Å². The van der Waals surface area contributed by atoms with Gasteiger partial charge >= 0.3 is 11.9 Å². The van der Waals surface area contributed by atoms with Gasteiger partial charge in [0.15, 0.2) is 0 Å². The summed E-state index contributed by atoms with van der Waals surface area (Å²) in [6, 6.07) is 18.1. The van der Waals surface area contributed by atoms with Crippen molar-refractivity contribution in [3.05, 3.63) is 101 Å². The van der Waals surface area contributed by atoms with Gasteiger partial charge in [-0.3, -0.25) is 0 Å². The molecule has 3 aromatic carbocycles. The van der Waals surface area contributed by atoms with Crippen molar-refractivity contribution < 1.29 is 28.5 Å². The van der Waals surface area contributed by atoms with E-state index in [1.807, 2.05) is 50.2 Å². The molecule has 3 rings (SSSR count). The fourth-order valence-corrected chi connectivity index (χ4v) is 3.82. The average Bonchev–Trinajstić information content (AvgIpc) is 2.94. The highest BCUT2D eigenvalue weighted by Gasteiger charge is 2.11. The Balaban J connectivity index is 1.48. The van der Waals surface area contributed by atoms with Gasteiger partial charge in [0.2, 0.25) is 0 Å². The van der Waals surface area contributed by atoms with Crippen LogP contribution in [-0.2, 0) is 9.53 Å². The first-order valence-electron chi connectivity index (χ1n) is 12.9. The van der Waals surface area contributed by atoms with Crippen LogP contribution in [0.25, 0.3) is 0 Å². The zero-order valence-electron chi connectivity index (χ0n) is 22.8. The molecule has 0 spiro atoms. The lowest BCUT2D eigenvalue weighted by Gasteiger charge is -2.10. The molecule has 0 unspecified atom stereocenters. The van der Waals surface area contributed by atoms with Gasteiger partial charge in [-0.15, -0.1) is 0 Å². The minimum Gasteiger partial charge on any atom is -0.497 e. The Morgan fingerprint density at radius 3 is 2.03 bits per heavy atom. The van der Waals surface area contributed by atoms with Crippen molar-refractivity contribution in [1.82, 2.24) is 0 Å². The number of esters is 2. The SMILES string of the molecule is C=CC(=O)OCCCCCCOc1ccc(C(=O)Oc2cc(C)c(C#Cc3ccc(OC)cc3)c(C)c2)cc1. The fourth-order valence-electron chi connectivity index (χ4n) is 3.82. The second-order valence-electron chi connectivity index (χ2n) is 8.96. The van der Waals surface area contributed by atoms with Crippen LogP contribution >= 0.6 is 0 Å². The van der Waals surface area contributed by atoms with Crippen LogP contribution in [0.3, 0.4) is 0 Å². The third-order valence-electron chi connectivity index (χ3n) is 5.95. The van der Waals surface area contributed by atoms with Crippen LogP contribution in [0.15, 0.2) is 73.3 Å². The maximum atomic E-state index is 12.7. The van der Waals surface area contributed by atoms with Gasteiger partial charge < -0.3 is 18.9 Å². The zero-order valence-corrected chi connectivity index (χ0v) is 22.8. The van der Waals surface area contributed by atoms with E-state index in [1.54, 1.807) is 31.4 Å². The summed E-state index contributed by atoms with van der Waals surface area (Å²) in [6.07, 6.45) is 4.79. The molecule has 0 aromatic heterocycles. The predicted molar refractivity (Wildman–Crippen MR) is 151 cm³/mol. The lowest BCUT2D eigenvalue weighted by Crippen LogP contribution is -2.09. The van der Waals surface area contributed by atoms with Crippen LogP contribution in [0.1, 0.15) is 58.3 Å². The van der Waals surface area contributed by atoms with Crippen molar-refractivity contribution in [1.29, 1.82) is 0 Å². The Morgan fingerprint density at radius 1 is 0.795 bits per heavy atom. The molecule has 6 nitrogen and oxygen atoms in total. The van der Waals surface area contributed by atoms with Crippen LogP contribution in [0.4, 0.5) is 0 Å². The van der Waals surface area contributed by atoms with E-state index in [0.717, 1.165) is 53.7 Å². The molecule has 6 heteroatoms. The van der Waals surface area contributed by atoms with E-state index >= 15 is 0 Å². The first-order valence-corrected chi connectivity index (χ1v) is 12.9. The van der Waals surface area contributed by atoms with Gasteiger partial charge in [0.05, 0.1) is 25.9 Å². The quantitative estimate of drug-likeness (QED) is 0.0871. The molecule has 39 heavy (non-hydrogen) atoms. The zero-order chi connectivity index (χ0) is 28.0. The third kappa shape index (κ3) is 9.39. The van der Waals surface area contributed by atoms with E-state index < -0.39 is 5.97 Å². The van der Waals surface area contributed by atoms with Crippen molar-refractivity contribution in [2.45, 2.75) is 39.5 Å². The van der Waals surface area contributed by atoms with Crippen molar-refractivity contribution in [3.63, 3.8) is 0 Å². The Hall–Kier alpha value is -4.50. The molecule has 3 aromatic rings. The average molecular weight is 527 g/mol. The number of methoxy groups -OCH3 is 1. The number of rotatable bonds is 12. The molecule has 0 saturated carbocycles. The number of ether oxygens (including phenoxy) is 4. The Bertz CT molecular complexity index is 1300. The normalized spacial score (nSPS) is 10.1. The highest BCUT2D eigenvalue weighted by atomic mass is 16.5. The maximum Gasteiger partial charge on any atom is 0.343 e. The van der Waals surface area contributed by atoms with Crippen molar-refractivity contribution in [3.8, 4) is 29.1 Å². The summed E-state index contributed by atoms with van der Waals surface area (Å²) in [5.74, 6) is 7.53. The van der Waals surface area contributed by atoms with Crippen LogP contribution in [-0.4, -0.2) is 32.3 Å². The summed E-state index contributed by atoms with van der Waals surface area (Å²) in [5, 5.41) is 0. The molecule has 202 valence electrons. The molecule has 0 atom stereocenters. The molecular formula is C33H34O6. The van der Waals surface area contributed by atoms with Crippen molar-refractivity contribution in [2.75, 3.05) is 20.3 Å². The fraction of sp³-hybridized carbons (Fsp3) is 0.273. The number of benzene rings is 3. The minimum absolute atomic E-state index is 0.389. The van der Waals surface area contributed by atoms with Crippen LogP contribution in [0, 0.1) is 25.7 Å². The summed E-state index contributed by atoms with van der Waals surface area (Å²) in [6.45, 7) is 8.25. The largest absolute Gasteiger partial charge is 0.497 e. The van der Waals surface area contributed by atoms with Gasteiger partial charge in [-0.2, -0.15) is 0 Å². The van der Waals surface area contributed by atoms with Gasteiger partial charge in [-0.25, -0.2) is 9.59 Å². The highest BCUT2D eigenvalue weighted by molar-refractivity contribution is 5.91. The van der Waals surface area contributed by atoms with Crippen molar-refractivity contribution in [2.24, 2.45) is 0 Å². The van der Waals surface area contributed by atoms with E-state index in [0.29, 0.717) is 30.3 Å². The Kier molecular flexibility index (Phi) is 11.2. The number of hydrogen-bond acceptors (Lipinski definition) is 6. The molecule has 0 amide bonds. The summed E-state index contributed by atoms with van der Waals surface area (Å²) in [5.41, 5.74) is 4.10. The maximum absolute atomic E-state index is 12.7. The third-order valence-corrected chi connectivity index (χ3v) is 5.95. The minimum atomic E-state index is -0.436. The second kappa shape index (κ2) is 15.0. The summed E-state index contributed by atoms with van der Waals surface area (Å²) in [7, 11) is 1.63. The molecule has 0 fully saturated rings. The monoisotopic (exact) mass is 526 g/mol. The first kappa shape index (κ1) is 29.1. The number of carbonyl (C=O) groups is 2. The Morgan fingerprint density at radius 2 is 1.41 bits per heavy atom. The number of hydrogen-bond donors (Lipinski definition) is 0. The number of carbonyl (C=O) groups excluding carboxylic acids is 2. The van der Waals surface area contributed by atoms with Crippen LogP contribution in [0.2, 0.25) is 0 Å². The van der Waals surface area contributed by atoms with E-state index in [-0.39, 0.29) is 5.97 Å². The summed E-state index contributed by atoms with van der Waals surface area (Å²) >= 11 is 0.